The Bertz CT molecular complexity index is 715. The first-order valence-electron chi connectivity index (χ1n) is 13.1. The van der Waals surface area contributed by atoms with E-state index in [1.54, 1.807) is 0 Å². The minimum atomic E-state index is -0.513. The van der Waals surface area contributed by atoms with E-state index in [0.717, 1.165) is 76.2 Å². The van der Waals surface area contributed by atoms with Crippen molar-refractivity contribution >= 4 is 12.1 Å². The lowest BCUT2D eigenvalue weighted by molar-refractivity contribution is -0.150. The standard InChI is InChI=1S/C28H45NO5/c1-28(2,3)34-27(32)29-20-19-23-15-9-5-10-16-24(17-11-6-12-18-25(23)30)26(31)33-21-22-13-7-4-8-14-22/h4,7-8,13-14,23-25,30H,5-6,9-12,15-21H2,1-3H3,(H,29,32). The van der Waals surface area contributed by atoms with Gasteiger partial charge in [-0.05, 0) is 64.4 Å². The molecule has 6 nitrogen and oxygen atoms in total. The zero-order chi connectivity index (χ0) is 24.8. The summed E-state index contributed by atoms with van der Waals surface area (Å²) in [5, 5.41) is 13.6. The highest BCUT2D eigenvalue weighted by molar-refractivity contribution is 5.72. The Hall–Kier alpha value is -2.08. The Morgan fingerprint density at radius 1 is 0.941 bits per heavy atom. The Morgan fingerprint density at radius 3 is 2.21 bits per heavy atom. The van der Waals surface area contributed by atoms with Gasteiger partial charge in [-0.15, -0.1) is 0 Å². The molecule has 1 aromatic rings. The van der Waals surface area contributed by atoms with Gasteiger partial charge in [0, 0.05) is 6.54 Å². The number of hydrogen-bond acceptors (Lipinski definition) is 5. The molecule has 2 rings (SSSR count). The molecular weight excluding hydrogens is 430 g/mol. The van der Waals surface area contributed by atoms with Crippen molar-refractivity contribution in [3.63, 3.8) is 0 Å². The summed E-state index contributed by atoms with van der Waals surface area (Å²) in [7, 11) is 0. The molecule has 192 valence electrons. The van der Waals surface area contributed by atoms with Gasteiger partial charge in [-0.1, -0.05) is 68.9 Å². The number of esters is 1. The molecular formula is C28H45NO5. The zero-order valence-electron chi connectivity index (χ0n) is 21.4. The molecule has 3 unspecified atom stereocenters. The largest absolute Gasteiger partial charge is 0.461 e. The van der Waals surface area contributed by atoms with Crippen LogP contribution in [0.4, 0.5) is 4.79 Å². The van der Waals surface area contributed by atoms with Crippen LogP contribution in [0.1, 0.15) is 97.0 Å². The minimum Gasteiger partial charge on any atom is -0.461 e. The van der Waals surface area contributed by atoms with Gasteiger partial charge in [0.15, 0.2) is 0 Å². The number of aliphatic hydroxyl groups is 1. The fourth-order valence-electron chi connectivity index (χ4n) is 4.56. The Balaban J connectivity index is 1.78. The molecule has 1 saturated carbocycles. The molecule has 0 saturated heterocycles. The lowest BCUT2D eigenvalue weighted by Crippen LogP contribution is -2.34. The van der Waals surface area contributed by atoms with Gasteiger partial charge in [0.1, 0.15) is 12.2 Å². The average Bonchev–Trinajstić information content (AvgIpc) is 2.80. The van der Waals surface area contributed by atoms with E-state index in [-0.39, 0.29) is 23.9 Å². The van der Waals surface area contributed by atoms with E-state index < -0.39 is 11.7 Å². The Labute approximate surface area is 205 Å². The molecule has 34 heavy (non-hydrogen) atoms. The molecule has 0 aliphatic heterocycles. The maximum atomic E-state index is 12.7. The van der Waals surface area contributed by atoms with E-state index in [4.69, 9.17) is 9.47 Å². The molecule has 3 atom stereocenters. The first-order valence-corrected chi connectivity index (χ1v) is 13.1. The van der Waals surface area contributed by atoms with Crippen molar-refractivity contribution in [2.75, 3.05) is 6.54 Å². The van der Waals surface area contributed by atoms with E-state index in [1.807, 2.05) is 51.1 Å². The number of benzene rings is 1. The van der Waals surface area contributed by atoms with Crippen molar-refractivity contribution in [2.45, 2.75) is 110 Å². The number of aliphatic hydroxyl groups excluding tert-OH is 1. The van der Waals surface area contributed by atoms with E-state index in [1.165, 1.54) is 0 Å². The summed E-state index contributed by atoms with van der Waals surface area (Å²) in [6.45, 7) is 6.38. The van der Waals surface area contributed by atoms with Crippen LogP contribution in [0.25, 0.3) is 0 Å². The fraction of sp³-hybridized carbons (Fsp3) is 0.714. The monoisotopic (exact) mass is 475 g/mol. The molecule has 0 radical (unpaired) electrons. The SMILES string of the molecule is CC(C)(C)OC(=O)NCCC1CCCCCC(C(=O)OCc2ccccc2)CCCCCC1O. The molecule has 0 spiro atoms. The van der Waals surface area contributed by atoms with Gasteiger partial charge in [-0.25, -0.2) is 4.79 Å². The van der Waals surface area contributed by atoms with Crippen molar-refractivity contribution in [3.8, 4) is 0 Å². The van der Waals surface area contributed by atoms with Crippen LogP contribution in [-0.4, -0.2) is 35.4 Å². The highest BCUT2D eigenvalue weighted by atomic mass is 16.6. The van der Waals surface area contributed by atoms with Crippen LogP contribution in [0.5, 0.6) is 0 Å². The third kappa shape index (κ3) is 11.9. The molecule has 2 N–H and O–H groups in total. The lowest BCUT2D eigenvalue weighted by Gasteiger charge is -2.24. The topological polar surface area (TPSA) is 84.9 Å². The third-order valence-corrected chi connectivity index (χ3v) is 6.46. The van der Waals surface area contributed by atoms with Gasteiger partial charge < -0.3 is 19.9 Å². The maximum Gasteiger partial charge on any atom is 0.407 e. The van der Waals surface area contributed by atoms with Crippen LogP contribution in [0.3, 0.4) is 0 Å². The van der Waals surface area contributed by atoms with Crippen molar-refractivity contribution < 1.29 is 24.2 Å². The number of carbonyl (C=O) groups is 2. The normalized spacial score (nSPS) is 23.0. The predicted molar refractivity (Wildman–Crippen MR) is 134 cm³/mol. The van der Waals surface area contributed by atoms with Crippen LogP contribution in [0.15, 0.2) is 30.3 Å². The number of carbonyl (C=O) groups excluding carboxylic acids is 2. The smallest absolute Gasteiger partial charge is 0.407 e. The van der Waals surface area contributed by atoms with Crippen molar-refractivity contribution in [3.05, 3.63) is 35.9 Å². The summed E-state index contributed by atoms with van der Waals surface area (Å²) in [4.78, 5) is 24.6. The molecule has 0 bridgehead atoms. The second-order valence-corrected chi connectivity index (χ2v) is 10.6. The molecule has 1 amide bonds. The molecule has 1 fully saturated rings. The maximum absolute atomic E-state index is 12.7. The van der Waals surface area contributed by atoms with Gasteiger partial charge in [-0.3, -0.25) is 4.79 Å². The molecule has 1 aliphatic rings. The number of rotatable bonds is 6. The summed E-state index contributed by atoms with van der Waals surface area (Å²) in [5.74, 6) is 0.0513. The van der Waals surface area contributed by atoms with E-state index >= 15 is 0 Å². The Morgan fingerprint density at radius 2 is 1.56 bits per heavy atom. The van der Waals surface area contributed by atoms with E-state index in [0.29, 0.717) is 13.2 Å². The van der Waals surface area contributed by atoms with Gasteiger partial charge >= 0.3 is 12.1 Å². The minimum absolute atomic E-state index is 0.0387. The summed E-state index contributed by atoms with van der Waals surface area (Å²) in [6, 6.07) is 9.82. The quantitative estimate of drug-likeness (QED) is 0.482. The lowest BCUT2D eigenvalue weighted by atomic mass is 9.89. The van der Waals surface area contributed by atoms with Crippen LogP contribution < -0.4 is 5.32 Å². The predicted octanol–water partition coefficient (Wildman–Crippen LogP) is 6.15. The zero-order valence-corrected chi connectivity index (χ0v) is 21.4. The number of ether oxygens (including phenoxy) is 2. The van der Waals surface area contributed by atoms with Gasteiger partial charge in [0.05, 0.1) is 12.0 Å². The second-order valence-electron chi connectivity index (χ2n) is 10.6. The first kappa shape index (κ1) is 28.2. The Kier molecular flexibility index (Phi) is 12.4. The summed E-state index contributed by atoms with van der Waals surface area (Å²) < 4.78 is 10.9. The summed E-state index contributed by atoms with van der Waals surface area (Å²) in [6.07, 6.45) is 9.36. The highest BCUT2D eigenvalue weighted by Crippen LogP contribution is 2.26. The van der Waals surface area contributed by atoms with Gasteiger partial charge in [0.2, 0.25) is 0 Å². The molecule has 0 heterocycles. The van der Waals surface area contributed by atoms with Crippen LogP contribution in [0, 0.1) is 11.8 Å². The molecule has 6 heteroatoms. The third-order valence-electron chi connectivity index (χ3n) is 6.46. The van der Waals surface area contributed by atoms with E-state index in [2.05, 4.69) is 5.32 Å². The van der Waals surface area contributed by atoms with Crippen LogP contribution >= 0.6 is 0 Å². The van der Waals surface area contributed by atoms with Crippen LogP contribution in [-0.2, 0) is 20.9 Å². The highest BCUT2D eigenvalue weighted by Gasteiger charge is 2.23. The van der Waals surface area contributed by atoms with Crippen molar-refractivity contribution in [2.24, 2.45) is 11.8 Å². The number of amides is 1. The number of hydrogen-bond donors (Lipinski definition) is 2. The number of nitrogens with one attached hydrogen (secondary N) is 1. The van der Waals surface area contributed by atoms with Crippen LogP contribution in [0.2, 0.25) is 0 Å². The van der Waals surface area contributed by atoms with E-state index in [9.17, 15) is 14.7 Å². The first-order chi connectivity index (χ1) is 16.2. The summed E-state index contributed by atoms with van der Waals surface area (Å²) >= 11 is 0. The fourth-order valence-corrected chi connectivity index (χ4v) is 4.56. The van der Waals surface area contributed by atoms with Gasteiger partial charge in [-0.2, -0.15) is 0 Å². The molecule has 0 aromatic heterocycles. The summed E-state index contributed by atoms with van der Waals surface area (Å²) in [5.41, 5.74) is 0.503. The molecule has 1 aromatic carbocycles. The molecule has 1 aliphatic carbocycles. The number of alkyl carbamates (subject to hydrolysis) is 1. The second kappa shape index (κ2) is 15.0. The van der Waals surface area contributed by atoms with Crippen molar-refractivity contribution in [1.29, 1.82) is 0 Å². The average molecular weight is 476 g/mol. The van der Waals surface area contributed by atoms with Crippen molar-refractivity contribution in [1.82, 2.24) is 5.32 Å². The van der Waals surface area contributed by atoms with Gasteiger partial charge in [0.25, 0.3) is 0 Å².